The number of hydrogen-bond donors (Lipinski definition) is 2. The van der Waals surface area contributed by atoms with Crippen molar-refractivity contribution in [2.45, 2.75) is 18.9 Å². The lowest BCUT2D eigenvalue weighted by atomic mass is 10.2. The van der Waals surface area contributed by atoms with Gasteiger partial charge in [0.05, 0.1) is 6.04 Å². The first-order valence-corrected chi connectivity index (χ1v) is 4.63. The second-order valence-electron chi connectivity index (χ2n) is 2.32. The summed E-state index contributed by atoms with van der Waals surface area (Å²) < 4.78 is 2.70. The summed E-state index contributed by atoms with van der Waals surface area (Å²) in [6.07, 6.45) is 3.95. The van der Waals surface area contributed by atoms with Crippen LogP contribution in [0.15, 0.2) is 0 Å². The standard InChI is InChI=1S/C6H12N2OS/c1-10-8-6(9)5-3-2-4-7-5/h5,7H,2-4H2,1H3,(H,8,9). The van der Waals surface area contributed by atoms with Gasteiger partial charge in [-0.3, -0.25) is 9.52 Å². The van der Waals surface area contributed by atoms with Crippen LogP contribution in [0.1, 0.15) is 12.8 Å². The van der Waals surface area contributed by atoms with Crippen LogP contribution in [-0.2, 0) is 4.79 Å². The predicted molar refractivity (Wildman–Crippen MR) is 42.7 cm³/mol. The van der Waals surface area contributed by atoms with E-state index in [4.69, 9.17) is 0 Å². The topological polar surface area (TPSA) is 41.1 Å². The molecular weight excluding hydrogens is 148 g/mol. The minimum atomic E-state index is 0.0625. The fourth-order valence-corrected chi connectivity index (χ4v) is 1.42. The summed E-state index contributed by atoms with van der Waals surface area (Å²) in [6.45, 7) is 0.979. The van der Waals surface area contributed by atoms with Crippen molar-refractivity contribution >= 4 is 17.9 Å². The molecule has 10 heavy (non-hydrogen) atoms. The van der Waals surface area contributed by atoms with Crippen molar-refractivity contribution < 1.29 is 4.79 Å². The largest absolute Gasteiger partial charge is 0.306 e. The molecule has 0 spiro atoms. The van der Waals surface area contributed by atoms with Crippen LogP contribution in [0.4, 0.5) is 0 Å². The molecule has 1 heterocycles. The van der Waals surface area contributed by atoms with Crippen molar-refractivity contribution in [1.82, 2.24) is 10.0 Å². The summed E-state index contributed by atoms with van der Waals surface area (Å²) in [6, 6.07) is 0.0625. The van der Waals surface area contributed by atoms with E-state index in [1.54, 1.807) is 0 Å². The van der Waals surface area contributed by atoms with E-state index in [-0.39, 0.29) is 11.9 Å². The number of hydrogen-bond acceptors (Lipinski definition) is 3. The Hall–Kier alpha value is -0.220. The van der Waals surface area contributed by atoms with E-state index in [1.807, 2.05) is 6.26 Å². The Kier molecular flexibility index (Phi) is 3.02. The highest BCUT2D eigenvalue weighted by atomic mass is 32.2. The molecule has 1 rings (SSSR count). The van der Waals surface area contributed by atoms with Gasteiger partial charge in [-0.15, -0.1) is 0 Å². The highest BCUT2D eigenvalue weighted by Crippen LogP contribution is 2.05. The zero-order valence-electron chi connectivity index (χ0n) is 6.02. The lowest BCUT2D eigenvalue weighted by molar-refractivity contribution is -0.120. The fourth-order valence-electron chi connectivity index (χ4n) is 1.08. The molecule has 3 nitrogen and oxygen atoms in total. The van der Waals surface area contributed by atoms with Crippen molar-refractivity contribution in [3.8, 4) is 0 Å². The van der Waals surface area contributed by atoms with E-state index in [9.17, 15) is 4.79 Å². The van der Waals surface area contributed by atoms with Crippen LogP contribution in [0.2, 0.25) is 0 Å². The van der Waals surface area contributed by atoms with Gasteiger partial charge in [-0.25, -0.2) is 0 Å². The lowest BCUT2D eigenvalue weighted by Gasteiger charge is -2.07. The minimum absolute atomic E-state index is 0.0625. The van der Waals surface area contributed by atoms with Crippen LogP contribution < -0.4 is 10.0 Å². The molecule has 0 aromatic carbocycles. The summed E-state index contributed by atoms with van der Waals surface area (Å²) >= 11 is 1.36. The smallest absolute Gasteiger partial charge is 0.246 e. The van der Waals surface area contributed by atoms with E-state index < -0.39 is 0 Å². The van der Waals surface area contributed by atoms with E-state index in [2.05, 4.69) is 10.0 Å². The van der Waals surface area contributed by atoms with E-state index in [1.165, 1.54) is 11.9 Å². The zero-order chi connectivity index (χ0) is 7.40. The van der Waals surface area contributed by atoms with Crippen LogP contribution >= 0.6 is 11.9 Å². The van der Waals surface area contributed by atoms with Gasteiger partial charge in [0.25, 0.3) is 0 Å². The van der Waals surface area contributed by atoms with E-state index in [0.29, 0.717) is 0 Å². The minimum Gasteiger partial charge on any atom is -0.306 e. The average molecular weight is 160 g/mol. The van der Waals surface area contributed by atoms with Gasteiger partial charge in [-0.2, -0.15) is 0 Å². The molecule has 1 atom stereocenters. The summed E-state index contributed by atoms with van der Waals surface area (Å²) in [5.41, 5.74) is 0. The predicted octanol–water partition coefficient (Wildman–Crippen LogP) is 0.133. The molecule has 0 aromatic rings. The number of carbonyl (C=O) groups excluding carboxylic acids is 1. The molecule has 1 fully saturated rings. The number of amides is 1. The van der Waals surface area contributed by atoms with Crippen LogP contribution in [0, 0.1) is 0 Å². The Morgan fingerprint density at radius 1 is 1.80 bits per heavy atom. The Labute approximate surface area is 65.1 Å². The Morgan fingerprint density at radius 3 is 3.10 bits per heavy atom. The van der Waals surface area contributed by atoms with E-state index >= 15 is 0 Å². The molecule has 1 saturated heterocycles. The maximum absolute atomic E-state index is 11.1. The van der Waals surface area contributed by atoms with Crippen molar-refractivity contribution in [3.05, 3.63) is 0 Å². The molecule has 0 aliphatic carbocycles. The second kappa shape index (κ2) is 3.83. The molecule has 0 radical (unpaired) electrons. The van der Waals surface area contributed by atoms with Crippen molar-refractivity contribution in [1.29, 1.82) is 0 Å². The molecule has 0 saturated carbocycles. The average Bonchev–Trinajstić information content (AvgIpc) is 2.38. The molecule has 0 bridgehead atoms. The van der Waals surface area contributed by atoms with Crippen LogP contribution in [0.3, 0.4) is 0 Å². The normalized spacial score (nSPS) is 24.7. The third kappa shape index (κ3) is 1.88. The maximum atomic E-state index is 11.1. The second-order valence-corrected chi connectivity index (χ2v) is 2.93. The van der Waals surface area contributed by atoms with Gasteiger partial charge in [0.2, 0.25) is 5.91 Å². The molecule has 1 aliphatic heterocycles. The molecular formula is C6H12N2OS. The third-order valence-electron chi connectivity index (χ3n) is 1.58. The van der Waals surface area contributed by atoms with E-state index in [0.717, 1.165) is 19.4 Å². The Morgan fingerprint density at radius 2 is 2.60 bits per heavy atom. The molecule has 1 amide bonds. The van der Waals surface area contributed by atoms with Gasteiger partial charge in [-0.1, -0.05) is 11.9 Å². The highest BCUT2D eigenvalue weighted by Gasteiger charge is 2.20. The van der Waals surface area contributed by atoms with Crippen molar-refractivity contribution in [3.63, 3.8) is 0 Å². The quantitative estimate of drug-likeness (QED) is 0.564. The molecule has 0 aromatic heterocycles. The molecule has 4 heteroatoms. The van der Waals surface area contributed by atoms with Gasteiger partial charge < -0.3 is 5.32 Å². The summed E-state index contributed by atoms with van der Waals surface area (Å²) in [7, 11) is 0. The monoisotopic (exact) mass is 160 g/mol. The first-order chi connectivity index (χ1) is 4.84. The first kappa shape index (κ1) is 7.88. The SMILES string of the molecule is CSNC(=O)C1CCCN1. The van der Waals surface area contributed by atoms with Gasteiger partial charge >= 0.3 is 0 Å². The van der Waals surface area contributed by atoms with Crippen molar-refractivity contribution in [2.24, 2.45) is 0 Å². The lowest BCUT2D eigenvalue weighted by Crippen LogP contribution is -2.37. The first-order valence-electron chi connectivity index (χ1n) is 3.41. The van der Waals surface area contributed by atoms with Gasteiger partial charge in [0.1, 0.15) is 0 Å². The van der Waals surface area contributed by atoms with Crippen molar-refractivity contribution in [2.75, 3.05) is 12.8 Å². The van der Waals surface area contributed by atoms with Gasteiger partial charge in [0, 0.05) is 6.26 Å². The summed E-state index contributed by atoms with van der Waals surface area (Å²) in [5.74, 6) is 0.116. The maximum Gasteiger partial charge on any atom is 0.246 e. The molecule has 58 valence electrons. The van der Waals surface area contributed by atoms with Gasteiger partial charge in [0.15, 0.2) is 0 Å². The van der Waals surface area contributed by atoms with Gasteiger partial charge in [-0.05, 0) is 19.4 Å². The summed E-state index contributed by atoms with van der Waals surface area (Å²) in [4.78, 5) is 11.1. The molecule has 2 N–H and O–H groups in total. The van der Waals surface area contributed by atoms with Crippen LogP contribution in [0.5, 0.6) is 0 Å². The molecule has 1 unspecified atom stereocenters. The number of rotatable bonds is 2. The third-order valence-corrected chi connectivity index (χ3v) is 1.98. The molecule has 1 aliphatic rings. The highest BCUT2D eigenvalue weighted by molar-refractivity contribution is 7.97. The van der Waals surface area contributed by atoms with Crippen LogP contribution in [0.25, 0.3) is 0 Å². The number of nitrogens with one attached hydrogen (secondary N) is 2. The zero-order valence-corrected chi connectivity index (χ0v) is 6.83. The summed E-state index contributed by atoms with van der Waals surface area (Å²) in [5, 5.41) is 3.12. The Bertz CT molecular complexity index is 123. The fraction of sp³-hybridized carbons (Fsp3) is 0.833. The van der Waals surface area contributed by atoms with Crippen LogP contribution in [-0.4, -0.2) is 24.7 Å². The Balaban J connectivity index is 2.25. The number of carbonyl (C=O) groups is 1.